The third-order valence-corrected chi connectivity index (χ3v) is 2.39. The molecule has 1 amide bonds. The van der Waals surface area contributed by atoms with Crippen molar-refractivity contribution in [2.24, 2.45) is 5.41 Å². The summed E-state index contributed by atoms with van der Waals surface area (Å²) in [5.41, 5.74) is 7.21. The zero-order valence-corrected chi connectivity index (χ0v) is 11.7. The molecule has 0 heterocycles. The van der Waals surface area contributed by atoms with Crippen LogP contribution in [0.25, 0.3) is 0 Å². The summed E-state index contributed by atoms with van der Waals surface area (Å²) < 4.78 is 0. The number of rotatable bonds is 4. The first-order valence-electron chi connectivity index (χ1n) is 6.11. The second-order valence-corrected chi connectivity index (χ2v) is 5.87. The summed E-state index contributed by atoms with van der Waals surface area (Å²) in [6.07, 6.45) is 0. The van der Waals surface area contributed by atoms with Crippen LogP contribution in [0.15, 0.2) is 24.3 Å². The summed E-state index contributed by atoms with van der Waals surface area (Å²) in [6, 6.07) is 7.27. The number of benzene rings is 1. The highest BCUT2D eigenvalue weighted by Crippen LogP contribution is 2.17. The van der Waals surface area contributed by atoms with E-state index < -0.39 is 0 Å². The molecule has 0 unspecified atom stereocenters. The summed E-state index contributed by atoms with van der Waals surface area (Å²) in [7, 11) is 1.94. The van der Waals surface area contributed by atoms with Gasteiger partial charge in [0.1, 0.15) is 0 Å². The van der Waals surface area contributed by atoms with E-state index in [4.69, 9.17) is 5.73 Å². The van der Waals surface area contributed by atoms with Gasteiger partial charge in [-0.3, -0.25) is 9.69 Å². The van der Waals surface area contributed by atoms with E-state index in [1.165, 1.54) is 0 Å². The zero-order chi connectivity index (χ0) is 13.8. The minimum absolute atomic E-state index is 0.0420. The van der Waals surface area contributed by atoms with Gasteiger partial charge in [-0.2, -0.15) is 0 Å². The molecule has 0 fully saturated rings. The molecule has 0 radical (unpaired) electrons. The summed E-state index contributed by atoms with van der Waals surface area (Å²) >= 11 is 0. The second kappa shape index (κ2) is 5.87. The maximum Gasteiger partial charge on any atom is 0.238 e. The number of nitrogens with one attached hydrogen (secondary N) is 1. The van der Waals surface area contributed by atoms with Gasteiger partial charge in [0.15, 0.2) is 0 Å². The quantitative estimate of drug-likeness (QED) is 0.804. The maximum absolute atomic E-state index is 11.9. The lowest BCUT2D eigenvalue weighted by Gasteiger charge is -2.26. The molecular weight excluding hydrogens is 226 g/mol. The first-order chi connectivity index (χ1) is 8.28. The van der Waals surface area contributed by atoms with Crippen molar-refractivity contribution >= 4 is 17.3 Å². The van der Waals surface area contributed by atoms with E-state index in [1.54, 1.807) is 12.1 Å². The molecule has 4 nitrogen and oxygen atoms in total. The van der Waals surface area contributed by atoms with Crippen molar-refractivity contribution in [3.05, 3.63) is 24.3 Å². The van der Waals surface area contributed by atoms with Crippen molar-refractivity contribution in [2.75, 3.05) is 31.2 Å². The van der Waals surface area contributed by atoms with Gasteiger partial charge in [-0.15, -0.1) is 0 Å². The molecular formula is C14H23N3O. The van der Waals surface area contributed by atoms with Crippen LogP contribution in [0.5, 0.6) is 0 Å². The molecule has 0 saturated heterocycles. The average Bonchev–Trinajstić information content (AvgIpc) is 2.18. The smallest absolute Gasteiger partial charge is 0.238 e. The van der Waals surface area contributed by atoms with Crippen molar-refractivity contribution in [3.63, 3.8) is 0 Å². The summed E-state index contributed by atoms with van der Waals surface area (Å²) in [4.78, 5) is 13.9. The molecule has 4 heteroatoms. The standard InChI is InChI=1S/C14H23N3O/c1-14(2,3)10-17(4)9-13(18)16-12-8-6-5-7-11(12)15/h5-8H,9-10,15H2,1-4H3,(H,16,18). The third-order valence-electron chi connectivity index (χ3n) is 2.39. The zero-order valence-electron chi connectivity index (χ0n) is 11.7. The SMILES string of the molecule is CN(CC(=O)Nc1ccccc1N)CC(C)(C)C. The van der Waals surface area contributed by atoms with Gasteiger partial charge in [0.25, 0.3) is 0 Å². The fourth-order valence-electron chi connectivity index (χ4n) is 1.91. The highest BCUT2D eigenvalue weighted by Gasteiger charge is 2.15. The van der Waals surface area contributed by atoms with E-state index in [1.807, 2.05) is 24.1 Å². The molecule has 0 aliphatic rings. The van der Waals surface area contributed by atoms with Crippen molar-refractivity contribution in [3.8, 4) is 0 Å². The van der Waals surface area contributed by atoms with Crippen molar-refractivity contribution in [1.29, 1.82) is 0 Å². The number of nitrogens with zero attached hydrogens (tertiary/aromatic N) is 1. The van der Waals surface area contributed by atoms with Gasteiger partial charge < -0.3 is 11.1 Å². The number of anilines is 2. The summed E-state index contributed by atoms with van der Waals surface area (Å²) in [5.74, 6) is -0.0420. The number of nitrogen functional groups attached to an aromatic ring is 1. The fraction of sp³-hybridized carbons (Fsp3) is 0.500. The van der Waals surface area contributed by atoms with Gasteiger partial charge >= 0.3 is 0 Å². The molecule has 0 aliphatic heterocycles. The van der Waals surface area contributed by atoms with Crippen molar-refractivity contribution in [2.45, 2.75) is 20.8 Å². The van der Waals surface area contributed by atoms with Gasteiger partial charge in [-0.1, -0.05) is 32.9 Å². The monoisotopic (exact) mass is 249 g/mol. The lowest BCUT2D eigenvalue weighted by Crippen LogP contribution is -2.35. The third kappa shape index (κ3) is 5.19. The molecule has 0 aromatic heterocycles. The van der Waals surface area contributed by atoms with Gasteiger partial charge in [0.05, 0.1) is 17.9 Å². The molecule has 0 atom stereocenters. The Morgan fingerprint density at radius 1 is 1.33 bits per heavy atom. The average molecular weight is 249 g/mol. The number of hydrogen-bond acceptors (Lipinski definition) is 3. The Morgan fingerprint density at radius 3 is 2.50 bits per heavy atom. The van der Waals surface area contributed by atoms with Crippen molar-refractivity contribution in [1.82, 2.24) is 4.90 Å². The maximum atomic E-state index is 11.9. The van der Waals surface area contributed by atoms with Gasteiger partial charge in [-0.25, -0.2) is 0 Å². The van der Waals surface area contributed by atoms with Crippen LogP contribution < -0.4 is 11.1 Å². The molecule has 1 rings (SSSR count). The van der Waals surface area contributed by atoms with E-state index in [-0.39, 0.29) is 11.3 Å². The Hall–Kier alpha value is -1.55. The number of amides is 1. The Kier molecular flexibility index (Phi) is 4.73. The van der Waals surface area contributed by atoms with Crippen LogP contribution in [-0.4, -0.2) is 30.9 Å². The molecule has 3 N–H and O–H groups in total. The van der Waals surface area contributed by atoms with Crippen LogP contribution in [0.3, 0.4) is 0 Å². The highest BCUT2D eigenvalue weighted by atomic mass is 16.2. The van der Waals surface area contributed by atoms with Crippen LogP contribution in [-0.2, 0) is 4.79 Å². The van der Waals surface area contributed by atoms with Crippen LogP contribution in [0.2, 0.25) is 0 Å². The van der Waals surface area contributed by atoms with E-state index in [2.05, 4.69) is 26.1 Å². The van der Waals surface area contributed by atoms with Crippen molar-refractivity contribution < 1.29 is 4.79 Å². The summed E-state index contributed by atoms with van der Waals surface area (Å²) in [5, 5.41) is 2.82. The molecule has 1 aromatic rings. The first-order valence-corrected chi connectivity index (χ1v) is 6.11. The van der Waals surface area contributed by atoms with E-state index in [9.17, 15) is 4.79 Å². The van der Waals surface area contributed by atoms with Gasteiger partial charge in [-0.05, 0) is 24.6 Å². The summed E-state index contributed by atoms with van der Waals surface area (Å²) in [6.45, 7) is 7.68. The number of likely N-dealkylation sites (N-methyl/N-ethyl adjacent to an activating group) is 1. The lowest BCUT2D eigenvalue weighted by molar-refractivity contribution is -0.117. The Morgan fingerprint density at radius 2 is 1.94 bits per heavy atom. The fourth-order valence-corrected chi connectivity index (χ4v) is 1.91. The predicted molar refractivity (Wildman–Crippen MR) is 76.4 cm³/mol. The Bertz CT molecular complexity index is 410. The largest absolute Gasteiger partial charge is 0.397 e. The number of para-hydroxylation sites is 2. The topological polar surface area (TPSA) is 58.4 Å². The number of carbonyl (C=O) groups excluding carboxylic acids is 1. The number of carbonyl (C=O) groups is 1. The second-order valence-electron chi connectivity index (χ2n) is 5.87. The minimum atomic E-state index is -0.0420. The van der Waals surface area contributed by atoms with Crippen LogP contribution in [0, 0.1) is 5.41 Å². The molecule has 0 saturated carbocycles. The Labute approximate surface area is 109 Å². The molecule has 0 aliphatic carbocycles. The molecule has 0 bridgehead atoms. The lowest BCUT2D eigenvalue weighted by atomic mass is 9.96. The van der Waals surface area contributed by atoms with E-state index in [0.29, 0.717) is 17.9 Å². The molecule has 0 spiro atoms. The Balaban J connectivity index is 2.50. The molecule has 100 valence electrons. The van der Waals surface area contributed by atoms with E-state index >= 15 is 0 Å². The van der Waals surface area contributed by atoms with Crippen LogP contribution >= 0.6 is 0 Å². The minimum Gasteiger partial charge on any atom is -0.397 e. The van der Waals surface area contributed by atoms with Crippen LogP contribution in [0.4, 0.5) is 11.4 Å². The van der Waals surface area contributed by atoms with Gasteiger partial charge in [0.2, 0.25) is 5.91 Å². The first kappa shape index (κ1) is 14.5. The normalized spacial score (nSPS) is 11.6. The number of hydrogen-bond donors (Lipinski definition) is 2. The van der Waals surface area contributed by atoms with E-state index in [0.717, 1.165) is 6.54 Å². The molecule has 18 heavy (non-hydrogen) atoms. The van der Waals surface area contributed by atoms with Crippen LogP contribution in [0.1, 0.15) is 20.8 Å². The molecule has 1 aromatic carbocycles. The highest BCUT2D eigenvalue weighted by molar-refractivity contribution is 5.95. The van der Waals surface area contributed by atoms with Gasteiger partial charge in [0, 0.05) is 6.54 Å². The number of nitrogens with two attached hydrogens (primary N) is 1. The predicted octanol–water partition coefficient (Wildman–Crippen LogP) is 2.19.